The first-order chi connectivity index (χ1) is 5.70. The molecule has 0 rings (SSSR count). The predicted molar refractivity (Wildman–Crippen MR) is 53.5 cm³/mol. The van der Waals surface area contributed by atoms with Crippen LogP contribution in [0.2, 0.25) is 0 Å². The van der Waals surface area contributed by atoms with Crippen molar-refractivity contribution in [3.63, 3.8) is 0 Å². The zero-order valence-corrected chi connectivity index (χ0v) is 8.35. The van der Waals surface area contributed by atoms with Gasteiger partial charge in [0.25, 0.3) is 0 Å². The molecule has 0 saturated carbocycles. The van der Waals surface area contributed by atoms with Crippen LogP contribution < -0.4 is 0 Å². The number of carbonyl (C=O) groups is 1. The van der Waals surface area contributed by atoms with Gasteiger partial charge in [-0.2, -0.15) is 12.6 Å². The lowest BCUT2D eigenvalue weighted by atomic mass is 10.2. The Hall–Kier alpha value is -0.440. The van der Waals surface area contributed by atoms with Crippen LogP contribution in [-0.2, 0) is 9.53 Å². The number of thiol groups is 1. The van der Waals surface area contributed by atoms with E-state index in [2.05, 4.69) is 26.1 Å². The van der Waals surface area contributed by atoms with Crippen molar-refractivity contribution < 1.29 is 9.53 Å². The van der Waals surface area contributed by atoms with Crippen molar-refractivity contribution >= 4 is 18.6 Å². The molecule has 1 unspecified atom stereocenters. The Kier molecular flexibility index (Phi) is 6.96. The molecule has 0 aliphatic rings. The predicted octanol–water partition coefficient (Wildman–Crippen LogP) is 2.20. The first-order valence-electron chi connectivity index (χ1n) is 4.18. The molecule has 12 heavy (non-hydrogen) atoms. The molecule has 1 atom stereocenters. The van der Waals surface area contributed by atoms with Crippen molar-refractivity contribution in [2.24, 2.45) is 0 Å². The summed E-state index contributed by atoms with van der Waals surface area (Å²) in [6.07, 6.45) is 4.17. The third-order valence-electron chi connectivity index (χ3n) is 1.48. The SMILES string of the molecule is C=CC(=O)OCCC(S)CCC. The molecule has 0 aliphatic heterocycles. The Bertz CT molecular complexity index is 145. The number of hydrogen-bond donors (Lipinski definition) is 1. The maximum atomic E-state index is 10.6. The van der Waals surface area contributed by atoms with E-state index in [4.69, 9.17) is 4.74 Å². The third kappa shape index (κ3) is 6.28. The van der Waals surface area contributed by atoms with Crippen LogP contribution in [0.4, 0.5) is 0 Å². The van der Waals surface area contributed by atoms with Crippen molar-refractivity contribution in [1.29, 1.82) is 0 Å². The summed E-state index contributed by atoms with van der Waals surface area (Å²) in [5.74, 6) is -0.355. The molecule has 0 aromatic rings. The van der Waals surface area contributed by atoms with Gasteiger partial charge in [-0.15, -0.1) is 0 Å². The zero-order chi connectivity index (χ0) is 9.40. The highest BCUT2D eigenvalue weighted by Crippen LogP contribution is 2.08. The van der Waals surface area contributed by atoms with Crippen molar-refractivity contribution in [3.05, 3.63) is 12.7 Å². The Morgan fingerprint density at radius 1 is 1.67 bits per heavy atom. The number of esters is 1. The van der Waals surface area contributed by atoms with Crippen LogP contribution >= 0.6 is 12.6 Å². The third-order valence-corrected chi connectivity index (χ3v) is 2.00. The second kappa shape index (κ2) is 7.22. The van der Waals surface area contributed by atoms with Gasteiger partial charge >= 0.3 is 5.97 Å². The van der Waals surface area contributed by atoms with Gasteiger partial charge in [-0.25, -0.2) is 4.79 Å². The van der Waals surface area contributed by atoms with Crippen molar-refractivity contribution in [2.45, 2.75) is 31.4 Å². The number of hydrogen-bond acceptors (Lipinski definition) is 3. The highest BCUT2D eigenvalue weighted by atomic mass is 32.1. The molecule has 0 heterocycles. The van der Waals surface area contributed by atoms with Crippen molar-refractivity contribution in [1.82, 2.24) is 0 Å². The van der Waals surface area contributed by atoms with Gasteiger partial charge < -0.3 is 4.74 Å². The second-order valence-electron chi connectivity index (χ2n) is 2.60. The fraction of sp³-hybridized carbons (Fsp3) is 0.667. The molecule has 0 fully saturated rings. The average Bonchev–Trinajstić information content (AvgIpc) is 2.04. The summed E-state index contributed by atoms with van der Waals surface area (Å²) in [5.41, 5.74) is 0. The largest absolute Gasteiger partial charge is 0.463 e. The number of rotatable bonds is 6. The Balaban J connectivity index is 3.30. The van der Waals surface area contributed by atoms with Gasteiger partial charge in [0, 0.05) is 11.3 Å². The van der Waals surface area contributed by atoms with Gasteiger partial charge in [0.05, 0.1) is 6.61 Å². The molecule has 70 valence electrons. The molecule has 0 spiro atoms. The highest BCUT2D eigenvalue weighted by molar-refractivity contribution is 7.80. The zero-order valence-electron chi connectivity index (χ0n) is 7.45. The van der Waals surface area contributed by atoms with Gasteiger partial charge in [-0.1, -0.05) is 19.9 Å². The smallest absolute Gasteiger partial charge is 0.330 e. The summed E-state index contributed by atoms with van der Waals surface area (Å²) in [5, 5.41) is 0.340. The molecule has 2 nitrogen and oxygen atoms in total. The Labute approximate surface area is 79.4 Å². The topological polar surface area (TPSA) is 26.3 Å². The van der Waals surface area contributed by atoms with E-state index in [1.54, 1.807) is 0 Å². The lowest BCUT2D eigenvalue weighted by Gasteiger charge is -2.08. The van der Waals surface area contributed by atoms with Crippen LogP contribution in [0, 0.1) is 0 Å². The Morgan fingerprint density at radius 2 is 2.33 bits per heavy atom. The van der Waals surface area contributed by atoms with E-state index in [-0.39, 0.29) is 5.97 Å². The maximum absolute atomic E-state index is 10.6. The molecule has 3 heteroatoms. The molecular formula is C9H16O2S. The van der Waals surface area contributed by atoms with E-state index in [1.807, 2.05) is 0 Å². The molecule has 0 aromatic carbocycles. The minimum absolute atomic E-state index is 0.340. The van der Waals surface area contributed by atoms with Crippen LogP contribution in [0.1, 0.15) is 26.2 Å². The minimum atomic E-state index is -0.355. The average molecular weight is 188 g/mol. The maximum Gasteiger partial charge on any atom is 0.330 e. The van der Waals surface area contributed by atoms with Crippen molar-refractivity contribution in [3.8, 4) is 0 Å². The molecule has 0 aromatic heterocycles. The van der Waals surface area contributed by atoms with Gasteiger partial charge in [-0.05, 0) is 12.8 Å². The number of carbonyl (C=O) groups excluding carboxylic acids is 1. The Morgan fingerprint density at radius 3 is 2.83 bits per heavy atom. The second-order valence-corrected chi connectivity index (χ2v) is 3.33. The van der Waals surface area contributed by atoms with Crippen molar-refractivity contribution in [2.75, 3.05) is 6.61 Å². The van der Waals surface area contributed by atoms with Crippen LogP contribution in [0.3, 0.4) is 0 Å². The molecule has 0 N–H and O–H groups in total. The van der Waals surface area contributed by atoms with E-state index >= 15 is 0 Å². The fourth-order valence-corrected chi connectivity index (χ4v) is 1.20. The minimum Gasteiger partial charge on any atom is -0.463 e. The van der Waals surface area contributed by atoms with E-state index in [9.17, 15) is 4.79 Å². The van der Waals surface area contributed by atoms with Crippen LogP contribution in [0.15, 0.2) is 12.7 Å². The molecule has 0 bridgehead atoms. The van der Waals surface area contributed by atoms with E-state index in [0.717, 1.165) is 19.3 Å². The quantitative estimate of drug-likeness (QED) is 0.393. The lowest BCUT2D eigenvalue weighted by Crippen LogP contribution is -2.07. The van der Waals surface area contributed by atoms with Crippen LogP contribution in [0.5, 0.6) is 0 Å². The summed E-state index contributed by atoms with van der Waals surface area (Å²) in [6, 6.07) is 0. The van der Waals surface area contributed by atoms with Gasteiger partial charge in [0.2, 0.25) is 0 Å². The summed E-state index contributed by atoms with van der Waals surface area (Å²) < 4.78 is 4.80. The number of ether oxygens (including phenoxy) is 1. The first kappa shape index (κ1) is 11.6. The van der Waals surface area contributed by atoms with Gasteiger partial charge in [0.1, 0.15) is 0 Å². The molecule has 0 aliphatic carbocycles. The summed E-state index contributed by atoms with van der Waals surface area (Å²) >= 11 is 4.32. The summed E-state index contributed by atoms with van der Waals surface area (Å²) in [6.45, 7) is 5.85. The highest BCUT2D eigenvalue weighted by Gasteiger charge is 2.02. The van der Waals surface area contributed by atoms with E-state index < -0.39 is 0 Å². The molecule has 0 saturated heterocycles. The lowest BCUT2D eigenvalue weighted by molar-refractivity contribution is -0.137. The van der Waals surface area contributed by atoms with Gasteiger partial charge in [-0.3, -0.25) is 0 Å². The van der Waals surface area contributed by atoms with Crippen LogP contribution in [0.25, 0.3) is 0 Å². The molecular weight excluding hydrogens is 172 g/mol. The van der Waals surface area contributed by atoms with Gasteiger partial charge in [0.15, 0.2) is 0 Å². The standard InChI is InChI=1S/C9H16O2S/c1-3-5-8(12)6-7-11-9(10)4-2/h4,8,12H,2-3,5-7H2,1H3. The summed E-state index contributed by atoms with van der Waals surface area (Å²) in [7, 11) is 0. The fourth-order valence-electron chi connectivity index (χ4n) is 0.832. The monoisotopic (exact) mass is 188 g/mol. The summed E-state index contributed by atoms with van der Waals surface area (Å²) in [4.78, 5) is 10.6. The normalized spacial score (nSPS) is 12.2. The first-order valence-corrected chi connectivity index (χ1v) is 4.69. The van der Waals surface area contributed by atoms with E-state index in [0.29, 0.717) is 11.9 Å². The molecule has 0 radical (unpaired) electrons. The van der Waals surface area contributed by atoms with Crippen LogP contribution in [-0.4, -0.2) is 17.8 Å². The van der Waals surface area contributed by atoms with E-state index in [1.165, 1.54) is 6.08 Å². The molecule has 0 amide bonds.